The van der Waals surface area contributed by atoms with Gasteiger partial charge in [-0.25, -0.2) is 0 Å². The SMILES string of the molecule is CC1(CNc2cccc(Br)c2C#N)CCCNC1. The van der Waals surface area contributed by atoms with E-state index in [2.05, 4.69) is 39.6 Å². The minimum atomic E-state index is 0.271. The predicted octanol–water partition coefficient (Wildman–Crippen LogP) is 3.12. The summed E-state index contributed by atoms with van der Waals surface area (Å²) in [6.07, 6.45) is 2.45. The molecule has 0 amide bonds. The van der Waals surface area contributed by atoms with Crippen molar-refractivity contribution in [2.45, 2.75) is 19.8 Å². The Hall–Kier alpha value is -1.05. The summed E-state index contributed by atoms with van der Waals surface area (Å²) in [7, 11) is 0. The third-order valence-electron chi connectivity index (χ3n) is 3.52. The van der Waals surface area contributed by atoms with E-state index in [1.54, 1.807) is 0 Å². The molecule has 0 aliphatic carbocycles. The molecule has 0 saturated carbocycles. The maximum Gasteiger partial charge on any atom is 0.103 e. The Morgan fingerprint density at radius 1 is 1.56 bits per heavy atom. The summed E-state index contributed by atoms with van der Waals surface area (Å²) in [5, 5.41) is 16.0. The van der Waals surface area contributed by atoms with Gasteiger partial charge in [0.15, 0.2) is 0 Å². The molecular weight excluding hydrogens is 290 g/mol. The van der Waals surface area contributed by atoms with Gasteiger partial charge in [0.05, 0.1) is 11.3 Å². The van der Waals surface area contributed by atoms with Crippen molar-refractivity contribution in [2.24, 2.45) is 5.41 Å². The lowest BCUT2D eigenvalue weighted by atomic mass is 9.82. The smallest absolute Gasteiger partial charge is 0.103 e. The summed E-state index contributed by atoms with van der Waals surface area (Å²) in [6, 6.07) is 8.05. The average molecular weight is 308 g/mol. The molecule has 1 saturated heterocycles. The van der Waals surface area contributed by atoms with Crippen molar-refractivity contribution in [3.8, 4) is 6.07 Å². The van der Waals surface area contributed by atoms with Crippen LogP contribution < -0.4 is 10.6 Å². The highest BCUT2D eigenvalue weighted by atomic mass is 79.9. The third kappa shape index (κ3) is 3.04. The lowest BCUT2D eigenvalue weighted by Gasteiger charge is -2.34. The minimum absolute atomic E-state index is 0.271. The Morgan fingerprint density at radius 3 is 3.06 bits per heavy atom. The summed E-state index contributed by atoms with van der Waals surface area (Å²) < 4.78 is 0.849. The maximum absolute atomic E-state index is 9.17. The van der Waals surface area contributed by atoms with Crippen LogP contribution in [0.25, 0.3) is 0 Å². The second-order valence-electron chi connectivity index (χ2n) is 5.22. The molecule has 2 N–H and O–H groups in total. The zero-order valence-electron chi connectivity index (χ0n) is 10.6. The summed E-state index contributed by atoms with van der Waals surface area (Å²) >= 11 is 3.41. The average Bonchev–Trinajstić information content (AvgIpc) is 2.37. The van der Waals surface area contributed by atoms with E-state index in [0.717, 1.165) is 29.8 Å². The molecule has 1 aliphatic heterocycles. The molecule has 1 aromatic rings. The third-order valence-corrected chi connectivity index (χ3v) is 4.18. The zero-order chi connectivity index (χ0) is 13.0. The lowest BCUT2D eigenvalue weighted by Crippen LogP contribution is -2.42. The van der Waals surface area contributed by atoms with Crippen molar-refractivity contribution in [1.29, 1.82) is 5.26 Å². The quantitative estimate of drug-likeness (QED) is 0.902. The molecule has 96 valence electrons. The molecule has 0 aromatic heterocycles. The Bertz CT molecular complexity index is 459. The highest BCUT2D eigenvalue weighted by Gasteiger charge is 2.26. The van der Waals surface area contributed by atoms with Crippen LogP contribution in [0.2, 0.25) is 0 Å². The minimum Gasteiger partial charge on any atom is -0.383 e. The van der Waals surface area contributed by atoms with Gasteiger partial charge in [0.25, 0.3) is 0 Å². The van der Waals surface area contributed by atoms with Crippen molar-refractivity contribution < 1.29 is 0 Å². The van der Waals surface area contributed by atoms with E-state index >= 15 is 0 Å². The molecule has 4 heteroatoms. The number of halogens is 1. The number of benzene rings is 1. The number of rotatable bonds is 3. The number of nitriles is 1. The summed E-state index contributed by atoms with van der Waals surface area (Å²) in [4.78, 5) is 0. The standard InChI is InChI=1S/C14H18BrN3/c1-14(6-3-7-17-9-14)10-18-13-5-2-4-12(15)11(13)8-16/h2,4-5,17-18H,3,6-7,9-10H2,1H3. The molecule has 1 aromatic carbocycles. The molecule has 1 atom stereocenters. The second kappa shape index (κ2) is 5.73. The molecule has 1 heterocycles. The molecular formula is C14H18BrN3. The molecule has 1 aliphatic rings. The Morgan fingerprint density at radius 2 is 2.39 bits per heavy atom. The first-order valence-corrected chi connectivity index (χ1v) is 7.07. The number of hydrogen-bond acceptors (Lipinski definition) is 3. The van der Waals surface area contributed by atoms with Gasteiger partial charge in [0.2, 0.25) is 0 Å². The molecule has 1 fully saturated rings. The van der Waals surface area contributed by atoms with E-state index in [1.165, 1.54) is 12.8 Å². The van der Waals surface area contributed by atoms with Crippen LogP contribution >= 0.6 is 15.9 Å². The van der Waals surface area contributed by atoms with E-state index in [1.807, 2.05) is 18.2 Å². The van der Waals surface area contributed by atoms with Crippen LogP contribution in [0.3, 0.4) is 0 Å². The predicted molar refractivity (Wildman–Crippen MR) is 77.6 cm³/mol. The van der Waals surface area contributed by atoms with Crippen molar-refractivity contribution in [3.05, 3.63) is 28.2 Å². The highest BCUT2D eigenvalue weighted by molar-refractivity contribution is 9.10. The fraction of sp³-hybridized carbons (Fsp3) is 0.500. The van der Waals surface area contributed by atoms with E-state index in [9.17, 15) is 0 Å². The van der Waals surface area contributed by atoms with Gasteiger partial charge in [-0.05, 0) is 52.9 Å². The number of nitrogens with zero attached hydrogens (tertiary/aromatic N) is 1. The van der Waals surface area contributed by atoms with Gasteiger partial charge in [-0.3, -0.25) is 0 Å². The molecule has 1 unspecified atom stereocenters. The fourth-order valence-electron chi connectivity index (χ4n) is 2.36. The molecule has 0 spiro atoms. The van der Waals surface area contributed by atoms with Gasteiger partial charge < -0.3 is 10.6 Å². The van der Waals surface area contributed by atoms with Crippen molar-refractivity contribution in [2.75, 3.05) is 25.0 Å². The van der Waals surface area contributed by atoms with E-state index < -0.39 is 0 Å². The highest BCUT2D eigenvalue weighted by Crippen LogP contribution is 2.28. The monoisotopic (exact) mass is 307 g/mol. The van der Waals surface area contributed by atoms with Gasteiger partial charge in [-0.15, -0.1) is 0 Å². The molecule has 18 heavy (non-hydrogen) atoms. The van der Waals surface area contributed by atoms with E-state index in [-0.39, 0.29) is 5.41 Å². The van der Waals surface area contributed by atoms with Gasteiger partial charge in [-0.2, -0.15) is 5.26 Å². The molecule has 2 rings (SSSR count). The van der Waals surface area contributed by atoms with Gasteiger partial charge >= 0.3 is 0 Å². The molecule has 3 nitrogen and oxygen atoms in total. The first-order chi connectivity index (χ1) is 8.64. The Labute approximate surface area is 117 Å². The first kappa shape index (κ1) is 13.4. The normalized spacial score (nSPS) is 23.4. The van der Waals surface area contributed by atoms with Crippen molar-refractivity contribution in [1.82, 2.24) is 5.32 Å². The van der Waals surface area contributed by atoms with Gasteiger partial charge in [-0.1, -0.05) is 13.0 Å². The largest absolute Gasteiger partial charge is 0.383 e. The first-order valence-electron chi connectivity index (χ1n) is 6.28. The van der Waals surface area contributed by atoms with Crippen LogP contribution in [0, 0.1) is 16.7 Å². The summed E-state index contributed by atoms with van der Waals surface area (Å²) in [6.45, 7) is 5.34. The van der Waals surface area contributed by atoms with Gasteiger partial charge in [0, 0.05) is 17.6 Å². The van der Waals surface area contributed by atoms with Gasteiger partial charge in [0.1, 0.15) is 6.07 Å². The van der Waals surface area contributed by atoms with Crippen LogP contribution in [-0.2, 0) is 0 Å². The fourth-order valence-corrected chi connectivity index (χ4v) is 2.82. The van der Waals surface area contributed by atoms with Crippen molar-refractivity contribution >= 4 is 21.6 Å². The second-order valence-corrected chi connectivity index (χ2v) is 6.07. The number of nitrogens with one attached hydrogen (secondary N) is 2. The zero-order valence-corrected chi connectivity index (χ0v) is 12.2. The molecule has 0 radical (unpaired) electrons. The Kier molecular flexibility index (Phi) is 4.26. The number of piperidine rings is 1. The van der Waals surface area contributed by atoms with Crippen LogP contribution in [0.1, 0.15) is 25.3 Å². The lowest BCUT2D eigenvalue weighted by molar-refractivity contribution is 0.253. The van der Waals surface area contributed by atoms with Crippen LogP contribution in [-0.4, -0.2) is 19.6 Å². The summed E-state index contributed by atoms with van der Waals surface area (Å²) in [5.74, 6) is 0. The van der Waals surface area contributed by atoms with Crippen LogP contribution in [0.5, 0.6) is 0 Å². The van der Waals surface area contributed by atoms with Crippen molar-refractivity contribution in [3.63, 3.8) is 0 Å². The summed E-state index contributed by atoms with van der Waals surface area (Å²) in [5.41, 5.74) is 1.87. The van der Waals surface area contributed by atoms with E-state index in [0.29, 0.717) is 5.56 Å². The number of anilines is 1. The maximum atomic E-state index is 9.17. The van der Waals surface area contributed by atoms with E-state index in [4.69, 9.17) is 5.26 Å². The topological polar surface area (TPSA) is 47.9 Å². The van der Waals surface area contributed by atoms with Crippen LogP contribution in [0.4, 0.5) is 5.69 Å². The van der Waals surface area contributed by atoms with Crippen LogP contribution in [0.15, 0.2) is 22.7 Å². The Balaban J connectivity index is 2.06. The molecule has 0 bridgehead atoms. The number of hydrogen-bond donors (Lipinski definition) is 2.